The molecule has 11 aromatic carbocycles. The molecule has 61 heavy (non-hydrogen) atoms. The Labute approximate surface area is 357 Å². The highest BCUT2D eigenvalue weighted by atomic mass is 15.1. The lowest BCUT2D eigenvalue weighted by molar-refractivity contribution is 1.29. The second-order valence-corrected chi connectivity index (χ2v) is 15.7. The first-order valence-electron chi connectivity index (χ1n) is 21.0. The molecule has 0 aliphatic rings. The predicted octanol–water partition coefficient (Wildman–Crippen LogP) is 17.0. The van der Waals surface area contributed by atoms with Crippen LogP contribution in [0.2, 0.25) is 0 Å². The molecule has 1 heteroatoms. The highest BCUT2D eigenvalue weighted by molar-refractivity contribution is 6.25. The van der Waals surface area contributed by atoms with Crippen LogP contribution < -0.4 is 4.90 Å². The number of anilines is 3. The monoisotopic (exact) mass is 775 g/mol. The molecule has 11 rings (SSSR count). The van der Waals surface area contributed by atoms with Crippen molar-refractivity contribution in [3.05, 3.63) is 249 Å². The Bertz CT molecular complexity index is 3280. The summed E-state index contributed by atoms with van der Waals surface area (Å²) in [6, 6.07) is 90.5. The SMILES string of the molecule is c1ccc(-c2ccc(N(c3ccc4c5ccccc5c5ccccc5c4c3)c3ccc(-c4cc(-c5ccccc5)ccc4-c4ccccc4)cc3-c3ccccc3)cc2)cc1. The number of hydrogen-bond acceptors (Lipinski definition) is 1. The van der Waals surface area contributed by atoms with Crippen LogP contribution in [0.15, 0.2) is 249 Å². The van der Waals surface area contributed by atoms with Crippen LogP contribution in [0.1, 0.15) is 0 Å². The Morgan fingerprint density at radius 1 is 0.197 bits per heavy atom. The lowest BCUT2D eigenvalue weighted by Gasteiger charge is -2.29. The van der Waals surface area contributed by atoms with Gasteiger partial charge < -0.3 is 4.90 Å². The van der Waals surface area contributed by atoms with Crippen molar-refractivity contribution in [2.45, 2.75) is 0 Å². The Kier molecular flexibility index (Phi) is 9.26. The first kappa shape index (κ1) is 36.1. The molecule has 0 fully saturated rings. The van der Waals surface area contributed by atoms with Gasteiger partial charge in [0, 0.05) is 16.9 Å². The Morgan fingerprint density at radius 2 is 0.590 bits per heavy atom. The van der Waals surface area contributed by atoms with E-state index in [2.05, 4.69) is 254 Å². The van der Waals surface area contributed by atoms with Gasteiger partial charge >= 0.3 is 0 Å². The maximum atomic E-state index is 2.45. The van der Waals surface area contributed by atoms with E-state index in [1.165, 1.54) is 71.3 Å². The summed E-state index contributed by atoms with van der Waals surface area (Å²) in [7, 11) is 0. The van der Waals surface area contributed by atoms with Gasteiger partial charge in [0.15, 0.2) is 0 Å². The highest BCUT2D eigenvalue weighted by Crippen LogP contribution is 2.46. The summed E-state index contributed by atoms with van der Waals surface area (Å²) < 4.78 is 0. The Balaban J connectivity index is 1.16. The van der Waals surface area contributed by atoms with Crippen molar-refractivity contribution in [3.8, 4) is 55.6 Å². The van der Waals surface area contributed by atoms with Gasteiger partial charge in [-0.25, -0.2) is 0 Å². The average molecular weight is 776 g/mol. The van der Waals surface area contributed by atoms with Crippen molar-refractivity contribution >= 4 is 49.4 Å². The van der Waals surface area contributed by atoms with Crippen LogP contribution in [0.5, 0.6) is 0 Å². The van der Waals surface area contributed by atoms with Crippen LogP contribution in [-0.2, 0) is 0 Å². The van der Waals surface area contributed by atoms with Gasteiger partial charge in [0.05, 0.1) is 5.69 Å². The molecule has 11 aromatic rings. The van der Waals surface area contributed by atoms with Crippen molar-refractivity contribution in [2.75, 3.05) is 4.90 Å². The molecule has 0 unspecified atom stereocenters. The van der Waals surface area contributed by atoms with Crippen molar-refractivity contribution in [1.29, 1.82) is 0 Å². The van der Waals surface area contributed by atoms with E-state index in [4.69, 9.17) is 0 Å². The maximum absolute atomic E-state index is 2.45. The van der Waals surface area contributed by atoms with E-state index >= 15 is 0 Å². The molecule has 0 aromatic heterocycles. The minimum atomic E-state index is 1.09. The molecular weight excluding hydrogens is 735 g/mol. The zero-order valence-electron chi connectivity index (χ0n) is 33.6. The largest absolute Gasteiger partial charge is 0.310 e. The molecule has 0 saturated heterocycles. The van der Waals surface area contributed by atoms with Gasteiger partial charge in [-0.1, -0.05) is 206 Å². The van der Waals surface area contributed by atoms with Gasteiger partial charge in [-0.15, -0.1) is 0 Å². The van der Waals surface area contributed by atoms with Crippen LogP contribution in [0.3, 0.4) is 0 Å². The number of fused-ring (bicyclic) bond motifs is 6. The molecule has 0 saturated carbocycles. The second kappa shape index (κ2) is 15.6. The van der Waals surface area contributed by atoms with Gasteiger partial charge in [0.1, 0.15) is 0 Å². The van der Waals surface area contributed by atoms with E-state index in [9.17, 15) is 0 Å². The van der Waals surface area contributed by atoms with Gasteiger partial charge in [0.25, 0.3) is 0 Å². The summed E-state index contributed by atoms with van der Waals surface area (Å²) in [5, 5.41) is 7.55. The molecule has 0 N–H and O–H groups in total. The van der Waals surface area contributed by atoms with Crippen molar-refractivity contribution in [3.63, 3.8) is 0 Å². The summed E-state index contributed by atoms with van der Waals surface area (Å²) >= 11 is 0. The van der Waals surface area contributed by atoms with Crippen LogP contribution in [-0.4, -0.2) is 0 Å². The van der Waals surface area contributed by atoms with Crippen molar-refractivity contribution < 1.29 is 0 Å². The zero-order chi connectivity index (χ0) is 40.5. The highest BCUT2D eigenvalue weighted by Gasteiger charge is 2.21. The van der Waals surface area contributed by atoms with E-state index in [0.717, 1.165) is 33.8 Å². The van der Waals surface area contributed by atoms with E-state index in [1.54, 1.807) is 0 Å². The maximum Gasteiger partial charge on any atom is 0.0540 e. The molecular formula is C60H41N. The molecule has 1 nitrogen and oxygen atoms in total. The van der Waals surface area contributed by atoms with E-state index in [0.29, 0.717) is 0 Å². The topological polar surface area (TPSA) is 3.24 Å². The summed E-state index contributed by atoms with van der Waals surface area (Å²) in [4.78, 5) is 2.45. The van der Waals surface area contributed by atoms with Crippen LogP contribution in [0, 0.1) is 0 Å². The normalized spacial score (nSPS) is 11.3. The van der Waals surface area contributed by atoms with Crippen LogP contribution >= 0.6 is 0 Å². The second-order valence-electron chi connectivity index (χ2n) is 15.7. The Hall–Kier alpha value is -8.00. The van der Waals surface area contributed by atoms with Gasteiger partial charge in [-0.3, -0.25) is 0 Å². The Morgan fingerprint density at radius 3 is 1.16 bits per heavy atom. The summed E-state index contributed by atoms with van der Waals surface area (Å²) in [6.45, 7) is 0. The van der Waals surface area contributed by atoms with E-state index < -0.39 is 0 Å². The molecule has 0 aliphatic carbocycles. The molecule has 0 atom stereocenters. The fraction of sp³-hybridized carbons (Fsp3) is 0. The predicted molar refractivity (Wildman–Crippen MR) is 261 cm³/mol. The standard InChI is InChI=1S/C60H41N/c1-5-17-42(18-6-1)44-29-33-49(34-30-44)61(50-35-37-56-54-27-14-13-25-52(54)53-26-15-16-28-55(53)59(56)41-50)60-38-32-48(40-58(60)46-23-11-4-12-24-46)57-39-47(43-19-7-2-8-20-43)31-36-51(57)45-21-9-3-10-22-45/h1-41H. The molecule has 286 valence electrons. The molecule has 0 spiro atoms. The zero-order valence-corrected chi connectivity index (χ0v) is 33.6. The molecule has 0 aliphatic heterocycles. The summed E-state index contributed by atoms with van der Waals surface area (Å²) in [5.41, 5.74) is 15.1. The quantitative estimate of drug-likeness (QED) is 0.139. The molecule has 0 amide bonds. The third kappa shape index (κ3) is 6.73. The molecule has 0 bridgehead atoms. The van der Waals surface area contributed by atoms with Gasteiger partial charge in [0.2, 0.25) is 0 Å². The fourth-order valence-electron chi connectivity index (χ4n) is 9.11. The first-order chi connectivity index (χ1) is 30.3. The number of benzene rings is 11. The number of hydrogen-bond donors (Lipinski definition) is 0. The van der Waals surface area contributed by atoms with Gasteiger partial charge in [-0.05, 0) is 125 Å². The van der Waals surface area contributed by atoms with Gasteiger partial charge in [-0.2, -0.15) is 0 Å². The minimum Gasteiger partial charge on any atom is -0.310 e. The summed E-state index contributed by atoms with van der Waals surface area (Å²) in [6.07, 6.45) is 0. The third-order valence-corrected chi connectivity index (χ3v) is 12.1. The smallest absolute Gasteiger partial charge is 0.0540 e. The lowest BCUT2D eigenvalue weighted by Crippen LogP contribution is -2.11. The van der Waals surface area contributed by atoms with Crippen molar-refractivity contribution in [1.82, 2.24) is 0 Å². The van der Waals surface area contributed by atoms with E-state index in [1.807, 2.05) is 0 Å². The number of rotatable bonds is 8. The average Bonchev–Trinajstić information content (AvgIpc) is 3.35. The summed E-state index contributed by atoms with van der Waals surface area (Å²) in [5.74, 6) is 0. The van der Waals surface area contributed by atoms with Crippen LogP contribution in [0.25, 0.3) is 88.0 Å². The van der Waals surface area contributed by atoms with E-state index in [-0.39, 0.29) is 0 Å². The first-order valence-corrected chi connectivity index (χ1v) is 21.0. The molecule has 0 heterocycles. The van der Waals surface area contributed by atoms with Crippen molar-refractivity contribution in [2.24, 2.45) is 0 Å². The molecule has 0 radical (unpaired) electrons. The fourth-order valence-corrected chi connectivity index (χ4v) is 9.11. The minimum absolute atomic E-state index is 1.09. The van der Waals surface area contributed by atoms with Crippen LogP contribution in [0.4, 0.5) is 17.1 Å². The lowest BCUT2D eigenvalue weighted by atomic mass is 9.89. The third-order valence-electron chi connectivity index (χ3n) is 12.1. The number of nitrogens with zero attached hydrogens (tertiary/aromatic N) is 1.